The molecule has 0 aliphatic carbocycles. The van der Waals surface area contributed by atoms with Gasteiger partial charge in [0.2, 0.25) is 17.7 Å². The van der Waals surface area contributed by atoms with Crippen molar-refractivity contribution in [1.82, 2.24) is 60.5 Å². The number of thioether (sulfide) groups is 1. The highest BCUT2D eigenvalue weighted by Gasteiger charge is 2.45. The van der Waals surface area contributed by atoms with E-state index in [4.69, 9.17) is 0 Å². The molecule has 0 aromatic rings. The van der Waals surface area contributed by atoms with Gasteiger partial charge in [0.15, 0.2) is 5.37 Å². The normalized spacial score (nSPS) is 25.6. The first-order valence-electron chi connectivity index (χ1n) is 24.8. The highest BCUT2D eigenvalue weighted by molar-refractivity contribution is 8.00. The third-order valence-electron chi connectivity index (χ3n) is 13.1. The maximum Gasteiger partial charge on any atom is 0.334 e. The number of rotatable bonds is 12. The summed E-state index contributed by atoms with van der Waals surface area (Å²) in [6, 6.07) is -13.9. The van der Waals surface area contributed by atoms with Crippen LogP contribution in [0, 0.1) is 11.8 Å². The minimum Gasteiger partial charge on any atom is -0.390 e. The summed E-state index contributed by atoms with van der Waals surface area (Å²) in [5.74, 6) is -6.58. The summed E-state index contributed by atoms with van der Waals surface area (Å²) in [5, 5.41) is 30.3. The van der Waals surface area contributed by atoms with E-state index in [-0.39, 0.29) is 12.8 Å². The zero-order chi connectivity index (χ0) is 56.7. The van der Waals surface area contributed by atoms with Crippen molar-refractivity contribution in [2.45, 2.75) is 141 Å². The molecule has 74 heavy (non-hydrogen) atoms. The molecule has 0 spiro atoms. The molecule has 6 N–H and O–H groups in total. The molecule has 2 aliphatic rings. The van der Waals surface area contributed by atoms with Gasteiger partial charge in [-0.3, -0.25) is 44.3 Å². The average Bonchev–Trinajstić information content (AvgIpc) is 3.34. The molecule has 2 aliphatic heterocycles. The van der Waals surface area contributed by atoms with E-state index in [2.05, 4.69) is 15.5 Å². The zero-order valence-corrected chi connectivity index (χ0v) is 46.6. The van der Waals surface area contributed by atoms with Crippen molar-refractivity contribution in [3.63, 3.8) is 0 Å². The summed E-state index contributed by atoms with van der Waals surface area (Å²) in [7, 11) is 8.05. The number of carbonyl (C=O) groups excluding carboxylic acids is 11. The smallest absolute Gasteiger partial charge is 0.334 e. The Balaban J connectivity index is 2.87. The summed E-state index contributed by atoms with van der Waals surface area (Å²) < 4.78 is 0. The summed E-state index contributed by atoms with van der Waals surface area (Å²) in [5.41, 5.74) is -1.64. The molecule has 0 aromatic heterocycles. The van der Waals surface area contributed by atoms with Crippen LogP contribution in [0.4, 0.5) is 24.0 Å². The predicted octanol–water partition coefficient (Wildman–Crippen LogP) is 1.24. The number of nitrogens with one attached hydrogen (secondary N) is 4. The molecule has 2 saturated heterocycles. The van der Waals surface area contributed by atoms with E-state index >= 15 is 0 Å². The van der Waals surface area contributed by atoms with Crippen molar-refractivity contribution in [2.24, 2.45) is 11.8 Å². The average molecular weight is 1070 g/mol. The predicted molar refractivity (Wildman–Crippen MR) is 276 cm³/mol. The lowest BCUT2D eigenvalue weighted by atomic mass is 9.91. The molecule has 2 rings (SSSR count). The van der Waals surface area contributed by atoms with E-state index in [1.54, 1.807) is 46.8 Å². The van der Waals surface area contributed by atoms with E-state index in [0.717, 1.165) is 91.8 Å². The standard InChI is InChI=1S/C48H82N12O13S/c1-16-18-22-29(5)35(61)34-37(63)50-31(17-2)39(65)56(12)42(74-26-25-60-23-20-19-21-24-60)41(67)53(9)32(27-48(7,8)73)36(62)51-44(69)58(14)45(70)52-43(68)49-30(6)38(64)57(13)47(72)59(15)46(71)55(11)33(28(3)4)40(66)54(34)10/h16,18,28-35,42,61,73H,17,19-27H2,1-15H3,(H,50,63)(H,51,62,69)(H2,49,52,68,70)/b18-16+/t29-,30+,31+,32+,33+,34+,35-,42-/m1/s1. The number of hydrogen-bond acceptors (Lipinski definition) is 15. The molecule has 0 saturated carbocycles. The Morgan fingerprint density at radius 2 is 1.27 bits per heavy atom. The lowest BCUT2D eigenvalue weighted by Gasteiger charge is -2.40. The number of likely N-dealkylation sites (tertiary alicyclic amines) is 1. The number of amides is 16. The third kappa shape index (κ3) is 17.4. The largest absolute Gasteiger partial charge is 0.390 e. The fourth-order valence-electron chi connectivity index (χ4n) is 8.48. The lowest BCUT2D eigenvalue weighted by Crippen LogP contribution is -2.63. The van der Waals surface area contributed by atoms with E-state index in [1.165, 1.54) is 42.0 Å². The van der Waals surface area contributed by atoms with Gasteiger partial charge in [-0.1, -0.05) is 46.3 Å². The molecular weight excluding hydrogens is 985 g/mol. The molecule has 2 fully saturated rings. The van der Waals surface area contributed by atoms with Gasteiger partial charge < -0.3 is 45.3 Å². The SMILES string of the molecule is C/C=C/C[C@@H](C)[C@@H](O)[C@H]1C(=O)N[C@@H](CC)C(=O)N(C)[C@H](SCCN2CCCCC2)C(=O)N(C)[C@@H](CC(C)(C)O)C(=O)NC(=O)N(C)C(=O)NC(=O)N[C@@H](C)C(=O)N(C)C(=O)N(C)C(=O)N(C)[C@@H](C(C)C)C(=O)N1C. The first-order chi connectivity index (χ1) is 34.3. The van der Waals surface area contributed by atoms with Crippen LogP contribution < -0.4 is 21.3 Å². The van der Waals surface area contributed by atoms with Gasteiger partial charge in [0.25, 0.3) is 17.7 Å². The van der Waals surface area contributed by atoms with Gasteiger partial charge in [-0.15, -0.1) is 11.8 Å². The fraction of sp³-hybridized carbons (Fsp3) is 0.729. The third-order valence-corrected chi connectivity index (χ3v) is 14.4. The van der Waals surface area contributed by atoms with E-state index in [0.29, 0.717) is 27.0 Å². The highest BCUT2D eigenvalue weighted by atomic mass is 32.2. The molecule has 26 heteroatoms. The maximum atomic E-state index is 14.8. The highest BCUT2D eigenvalue weighted by Crippen LogP contribution is 2.25. The Morgan fingerprint density at radius 1 is 0.689 bits per heavy atom. The van der Waals surface area contributed by atoms with Crippen LogP contribution in [0.15, 0.2) is 12.2 Å². The molecular formula is C48H82N12O13S. The Labute approximate surface area is 439 Å². The van der Waals surface area contributed by atoms with Gasteiger partial charge in [0.05, 0.1) is 11.7 Å². The molecule has 0 bridgehead atoms. The van der Waals surface area contributed by atoms with E-state index in [1.807, 2.05) is 10.6 Å². The van der Waals surface area contributed by atoms with Crippen LogP contribution in [0.2, 0.25) is 0 Å². The topological polar surface area (TPSA) is 302 Å². The van der Waals surface area contributed by atoms with Crippen LogP contribution in [0.5, 0.6) is 0 Å². The number of allylic oxidation sites excluding steroid dienone is 2. The van der Waals surface area contributed by atoms with E-state index in [9.17, 15) is 63.0 Å². The number of hydrogen-bond donors (Lipinski definition) is 6. The first kappa shape index (κ1) is 64.3. The number of likely N-dealkylation sites (N-methyl/N-ethyl adjacent to an activating group) is 5. The molecule has 25 nitrogen and oxygen atoms in total. The second-order valence-corrected chi connectivity index (χ2v) is 21.2. The number of nitrogens with zero attached hydrogens (tertiary/aromatic N) is 8. The number of urea groups is 5. The van der Waals surface area contributed by atoms with Gasteiger partial charge in [-0.2, -0.15) is 0 Å². The van der Waals surface area contributed by atoms with Crippen LogP contribution in [-0.2, 0) is 28.8 Å². The second-order valence-electron chi connectivity index (χ2n) is 20.0. The summed E-state index contributed by atoms with van der Waals surface area (Å²) in [6.07, 6.45) is 4.77. The molecule has 0 unspecified atom stereocenters. The Bertz CT molecular complexity index is 2080. The summed E-state index contributed by atoms with van der Waals surface area (Å²) >= 11 is 1.08. The van der Waals surface area contributed by atoms with Crippen molar-refractivity contribution < 1.29 is 63.0 Å². The summed E-state index contributed by atoms with van der Waals surface area (Å²) in [4.78, 5) is 161. The van der Waals surface area contributed by atoms with Crippen LogP contribution >= 0.6 is 11.8 Å². The second kappa shape index (κ2) is 28.7. The zero-order valence-electron chi connectivity index (χ0n) is 45.8. The lowest BCUT2D eigenvalue weighted by molar-refractivity contribution is -0.150. The van der Waals surface area contributed by atoms with Gasteiger partial charge in [0.1, 0.15) is 30.2 Å². The Kier molecular flexibility index (Phi) is 24.9. The van der Waals surface area contributed by atoms with E-state index < -0.39 is 131 Å². The van der Waals surface area contributed by atoms with Crippen molar-refractivity contribution in [3.05, 3.63) is 12.2 Å². The number of aliphatic hydroxyl groups is 2. The van der Waals surface area contributed by atoms with Crippen molar-refractivity contribution >= 4 is 77.4 Å². The first-order valence-corrected chi connectivity index (χ1v) is 25.9. The Morgan fingerprint density at radius 3 is 1.81 bits per heavy atom. The van der Waals surface area contributed by atoms with Gasteiger partial charge in [0, 0.05) is 68.1 Å². The fourth-order valence-corrected chi connectivity index (χ4v) is 9.70. The van der Waals surface area contributed by atoms with Crippen LogP contribution in [0.3, 0.4) is 0 Å². The summed E-state index contributed by atoms with van der Waals surface area (Å²) in [6.45, 7) is 14.3. The van der Waals surface area contributed by atoms with Crippen molar-refractivity contribution in [1.29, 1.82) is 0 Å². The quantitative estimate of drug-likeness (QED) is 0.150. The molecule has 16 amide bonds. The number of imide groups is 5. The van der Waals surface area contributed by atoms with Gasteiger partial charge >= 0.3 is 30.2 Å². The van der Waals surface area contributed by atoms with Crippen LogP contribution in [0.1, 0.15) is 93.9 Å². The molecule has 0 aromatic carbocycles. The van der Waals surface area contributed by atoms with Gasteiger partial charge in [-0.25, -0.2) is 33.8 Å². The van der Waals surface area contributed by atoms with Crippen LogP contribution in [-0.4, -0.2) is 237 Å². The Hall–Kier alpha value is -5.86. The number of carbonyl (C=O) groups is 11. The minimum atomic E-state index is -1.68. The van der Waals surface area contributed by atoms with Crippen LogP contribution in [0.25, 0.3) is 0 Å². The molecule has 2 heterocycles. The van der Waals surface area contributed by atoms with Crippen molar-refractivity contribution in [2.75, 3.05) is 74.7 Å². The molecule has 8 atom stereocenters. The number of piperidine rings is 1. The van der Waals surface area contributed by atoms with Crippen molar-refractivity contribution in [3.8, 4) is 0 Å². The number of aliphatic hydroxyl groups excluding tert-OH is 1. The maximum absolute atomic E-state index is 14.8. The minimum absolute atomic E-state index is 0.0464. The molecule has 0 radical (unpaired) electrons. The van der Waals surface area contributed by atoms with Gasteiger partial charge in [-0.05, 0) is 78.3 Å². The molecule has 418 valence electrons. The monoisotopic (exact) mass is 1070 g/mol.